The Morgan fingerprint density at radius 3 is 2.40 bits per heavy atom. The molecule has 0 aliphatic carbocycles. The molecule has 0 radical (unpaired) electrons. The summed E-state index contributed by atoms with van der Waals surface area (Å²) < 4.78 is 11.3. The smallest absolute Gasteiger partial charge is 0.270 e. The van der Waals surface area contributed by atoms with Crippen LogP contribution >= 0.6 is 23.8 Å². The van der Waals surface area contributed by atoms with Gasteiger partial charge in [-0.2, -0.15) is 0 Å². The molecule has 1 aromatic heterocycles. The number of thiocarbonyl (C=S) groups is 1. The molecule has 172 valence electrons. The van der Waals surface area contributed by atoms with E-state index in [1.54, 1.807) is 36.4 Å². The normalized spacial score (nSPS) is 14.9. The number of nitrogens with zero attached hydrogens (tertiary/aromatic N) is 1. The van der Waals surface area contributed by atoms with E-state index in [0.29, 0.717) is 27.8 Å². The van der Waals surface area contributed by atoms with Gasteiger partial charge in [0.1, 0.15) is 28.9 Å². The van der Waals surface area contributed by atoms with Crippen molar-refractivity contribution >= 4 is 63.5 Å². The summed E-state index contributed by atoms with van der Waals surface area (Å²) in [7, 11) is 0. The first-order valence-corrected chi connectivity index (χ1v) is 11.1. The number of ether oxygens (including phenoxy) is 1. The fourth-order valence-electron chi connectivity index (χ4n) is 3.55. The van der Waals surface area contributed by atoms with Crippen LogP contribution in [0.15, 0.2) is 93.8 Å². The number of nitrogens with one attached hydrogen (secondary N) is 1. The lowest BCUT2D eigenvalue weighted by atomic mass is 10.1. The number of para-hydroxylation sites is 1. The topological polar surface area (TPSA) is 88.8 Å². The van der Waals surface area contributed by atoms with E-state index in [0.717, 1.165) is 0 Å². The Labute approximate surface area is 209 Å². The Morgan fingerprint density at radius 2 is 1.66 bits per heavy atom. The van der Waals surface area contributed by atoms with Gasteiger partial charge in [-0.05, 0) is 72.9 Å². The van der Waals surface area contributed by atoms with Crippen LogP contribution in [-0.4, -0.2) is 16.9 Å². The standard InChI is InChI=1S/C26H15ClN2O5S/c27-16-6-11-22-20(13-16)23(30)15(14-33-22)12-21-24(31)28-26(35)29(25(21)32)17-7-9-19(10-8-17)34-18-4-2-1-3-5-18/h1-14H,(H,28,31,35). The predicted molar refractivity (Wildman–Crippen MR) is 137 cm³/mol. The number of carbonyl (C=O) groups excluding carboxylic acids is 2. The van der Waals surface area contributed by atoms with E-state index in [4.69, 9.17) is 33.0 Å². The first-order chi connectivity index (χ1) is 16.9. The maximum atomic E-state index is 13.3. The maximum Gasteiger partial charge on any atom is 0.270 e. The molecule has 2 heterocycles. The van der Waals surface area contributed by atoms with Crippen LogP contribution in [0.25, 0.3) is 17.0 Å². The predicted octanol–water partition coefficient (Wildman–Crippen LogP) is 5.07. The van der Waals surface area contributed by atoms with Crippen molar-refractivity contribution in [2.45, 2.75) is 0 Å². The van der Waals surface area contributed by atoms with Crippen LogP contribution in [0.1, 0.15) is 5.56 Å². The Morgan fingerprint density at radius 1 is 0.943 bits per heavy atom. The highest BCUT2D eigenvalue weighted by Crippen LogP contribution is 2.27. The Kier molecular flexibility index (Phi) is 5.90. The average Bonchev–Trinajstić information content (AvgIpc) is 2.85. The lowest BCUT2D eigenvalue weighted by molar-refractivity contribution is -0.122. The van der Waals surface area contributed by atoms with Crippen molar-refractivity contribution in [3.05, 3.63) is 105 Å². The highest BCUT2D eigenvalue weighted by atomic mass is 35.5. The summed E-state index contributed by atoms with van der Waals surface area (Å²) >= 11 is 11.2. The monoisotopic (exact) mass is 502 g/mol. The summed E-state index contributed by atoms with van der Waals surface area (Å²) in [6.07, 6.45) is 2.38. The number of anilines is 1. The third kappa shape index (κ3) is 4.44. The van der Waals surface area contributed by atoms with Crippen molar-refractivity contribution < 1.29 is 18.7 Å². The number of amides is 2. The average molecular weight is 503 g/mol. The van der Waals surface area contributed by atoms with Crippen LogP contribution in [-0.2, 0) is 9.59 Å². The molecular weight excluding hydrogens is 488 g/mol. The summed E-state index contributed by atoms with van der Waals surface area (Å²) in [5.41, 5.74) is 0.0868. The molecule has 1 aliphatic rings. The quantitative estimate of drug-likeness (QED) is 0.238. The zero-order valence-corrected chi connectivity index (χ0v) is 19.4. The molecule has 0 unspecified atom stereocenters. The molecule has 1 saturated heterocycles. The second-order valence-corrected chi connectivity index (χ2v) is 8.35. The SMILES string of the molecule is O=C1NC(=S)N(c2ccc(Oc3ccccc3)cc2)C(=O)C1=Cc1coc2ccc(Cl)cc2c1=O. The van der Waals surface area contributed by atoms with E-state index in [-0.39, 0.29) is 21.6 Å². The van der Waals surface area contributed by atoms with Gasteiger partial charge in [0.15, 0.2) is 10.5 Å². The third-order valence-electron chi connectivity index (χ3n) is 5.24. The molecule has 1 fully saturated rings. The van der Waals surface area contributed by atoms with Gasteiger partial charge in [-0.15, -0.1) is 0 Å². The minimum absolute atomic E-state index is 0.0256. The minimum Gasteiger partial charge on any atom is -0.463 e. The van der Waals surface area contributed by atoms with Crippen molar-refractivity contribution in [2.24, 2.45) is 0 Å². The summed E-state index contributed by atoms with van der Waals surface area (Å²) in [5, 5.41) is 3.01. The number of fused-ring (bicyclic) bond motifs is 1. The van der Waals surface area contributed by atoms with Gasteiger partial charge >= 0.3 is 0 Å². The first kappa shape index (κ1) is 22.5. The number of hydrogen-bond donors (Lipinski definition) is 1. The molecule has 2 amide bonds. The number of hydrogen-bond acceptors (Lipinski definition) is 6. The zero-order valence-electron chi connectivity index (χ0n) is 17.9. The second kappa shape index (κ2) is 9.17. The molecule has 0 bridgehead atoms. The Hall–Kier alpha value is -4.27. The van der Waals surface area contributed by atoms with Crippen LogP contribution in [0.5, 0.6) is 11.5 Å². The van der Waals surface area contributed by atoms with Crippen LogP contribution < -0.4 is 20.4 Å². The maximum absolute atomic E-state index is 13.3. The van der Waals surface area contributed by atoms with Gasteiger partial charge < -0.3 is 9.15 Å². The van der Waals surface area contributed by atoms with Crippen molar-refractivity contribution in [1.82, 2.24) is 5.32 Å². The molecule has 1 N–H and O–H groups in total. The molecule has 5 rings (SSSR count). The van der Waals surface area contributed by atoms with Gasteiger partial charge in [0.2, 0.25) is 0 Å². The van der Waals surface area contributed by atoms with Crippen molar-refractivity contribution in [3.8, 4) is 11.5 Å². The molecule has 35 heavy (non-hydrogen) atoms. The number of halogens is 1. The van der Waals surface area contributed by atoms with E-state index >= 15 is 0 Å². The van der Waals surface area contributed by atoms with Crippen LogP contribution in [0.4, 0.5) is 5.69 Å². The van der Waals surface area contributed by atoms with Crippen molar-refractivity contribution in [1.29, 1.82) is 0 Å². The molecule has 0 spiro atoms. The second-order valence-electron chi connectivity index (χ2n) is 7.53. The van der Waals surface area contributed by atoms with Gasteiger partial charge in [0.25, 0.3) is 11.8 Å². The highest BCUT2D eigenvalue weighted by Gasteiger charge is 2.34. The van der Waals surface area contributed by atoms with E-state index in [1.165, 1.54) is 23.3 Å². The first-order valence-electron chi connectivity index (χ1n) is 10.4. The van der Waals surface area contributed by atoms with Crippen molar-refractivity contribution in [2.75, 3.05) is 4.90 Å². The van der Waals surface area contributed by atoms with E-state index < -0.39 is 17.2 Å². The number of carbonyl (C=O) groups is 2. The van der Waals surface area contributed by atoms with Gasteiger partial charge in [0.05, 0.1) is 16.6 Å². The largest absolute Gasteiger partial charge is 0.463 e. The summed E-state index contributed by atoms with van der Waals surface area (Å²) in [6, 6.07) is 20.5. The molecule has 3 aromatic carbocycles. The summed E-state index contributed by atoms with van der Waals surface area (Å²) in [6.45, 7) is 0. The summed E-state index contributed by atoms with van der Waals surface area (Å²) in [4.78, 5) is 40.0. The van der Waals surface area contributed by atoms with E-state index in [9.17, 15) is 14.4 Å². The lowest BCUT2D eigenvalue weighted by Crippen LogP contribution is -2.54. The Bertz CT molecular complexity index is 1580. The molecule has 7 nitrogen and oxygen atoms in total. The Balaban J connectivity index is 1.47. The molecule has 1 aliphatic heterocycles. The zero-order chi connectivity index (χ0) is 24.5. The van der Waals surface area contributed by atoms with E-state index in [1.807, 2.05) is 30.3 Å². The van der Waals surface area contributed by atoms with Crippen LogP contribution in [0.2, 0.25) is 5.02 Å². The fourth-order valence-corrected chi connectivity index (χ4v) is 4.01. The van der Waals surface area contributed by atoms with E-state index in [2.05, 4.69) is 5.32 Å². The molecule has 4 aromatic rings. The van der Waals surface area contributed by atoms with Gasteiger partial charge in [0, 0.05) is 5.02 Å². The third-order valence-corrected chi connectivity index (χ3v) is 5.76. The molecular formula is C26H15ClN2O5S. The van der Waals surface area contributed by atoms with Crippen molar-refractivity contribution in [3.63, 3.8) is 0 Å². The minimum atomic E-state index is -0.717. The van der Waals surface area contributed by atoms with Crippen LogP contribution in [0.3, 0.4) is 0 Å². The molecule has 0 atom stereocenters. The number of rotatable bonds is 4. The lowest BCUT2D eigenvalue weighted by Gasteiger charge is -2.29. The highest BCUT2D eigenvalue weighted by molar-refractivity contribution is 7.80. The molecule has 9 heteroatoms. The number of benzene rings is 3. The van der Waals surface area contributed by atoms with Gasteiger partial charge in [-0.3, -0.25) is 24.6 Å². The van der Waals surface area contributed by atoms with Gasteiger partial charge in [-0.1, -0.05) is 29.8 Å². The van der Waals surface area contributed by atoms with Crippen LogP contribution in [0, 0.1) is 0 Å². The van der Waals surface area contributed by atoms with Gasteiger partial charge in [-0.25, -0.2) is 0 Å². The fraction of sp³-hybridized carbons (Fsp3) is 0. The molecule has 0 saturated carbocycles. The summed E-state index contributed by atoms with van der Waals surface area (Å²) in [5.74, 6) is -0.174.